The Bertz CT molecular complexity index is 997. The van der Waals surface area contributed by atoms with Gasteiger partial charge in [0.1, 0.15) is 18.1 Å². The lowest BCUT2D eigenvalue weighted by Crippen LogP contribution is -2.35. The van der Waals surface area contributed by atoms with Gasteiger partial charge in [0.15, 0.2) is 0 Å². The van der Waals surface area contributed by atoms with Gasteiger partial charge in [0.25, 0.3) is 15.9 Å². The lowest BCUT2D eigenvalue weighted by atomic mass is 10.1. The molecule has 0 spiro atoms. The molecule has 0 radical (unpaired) electrons. The molecule has 0 aliphatic carbocycles. The van der Waals surface area contributed by atoms with Crippen molar-refractivity contribution in [2.75, 3.05) is 31.5 Å². The summed E-state index contributed by atoms with van der Waals surface area (Å²) in [6.07, 6.45) is 4.61. The van der Waals surface area contributed by atoms with Crippen LogP contribution in [0, 0.1) is 0 Å². The minimum atomic E-state index is -3.89. The molecule has 0 saturated carbocycles. The molecule has 3 rings (SSSR count). The van der Waals surface area contributed by atoms with Crippen LogP contribution in [0.15, 0.2) is 60.0 Å². The Morgan fingerprint density at radius 3 is 2.47 bits per heavy atom. The molecule has 1 amide bonds. The van der Waals surface area contributed by atoms with Gasteiger partial charge in [-0.2, -0.15) is 0 Å². The van der Waals surface area contributed by atoms with E-state index in [-0.39, 0.29) is 16.4 Å². The number of nitrogens with zero attached hydrogens (tertiary/aromatic N) is 1. The van der Waals surface area contributed by atoms with Crippen molar-refractivity contribution >= 4 is 21.6 Å². The molecule has 0 unspecified atom stereocenters. The minimum Gasteiger partial charge on any atom is -0.496 e. The molecular formula is C22H26N2O5S. The van der Waals surface area contributed by atoms with E-state index in [1.165, 1.54) is 25.3 Å². The maximum absolute atomic E-state index is 13.0. The van der Waals surface area contributed by atoms with Crippen molar-refractivity contribution in [2.45, 2.75) is 24.2 Å². The van der Waals surface area contributed by atoms with Crippen LogP contribution in [0.1, 0.15) is 29.6 Å². The molecule has 1 heterocycles. The SMILES string of the molecule is C=CCOc1ccc(NS(=O)(=O)c2ccc(OC)c(C(=O)N3CCCCC3)c2)cc1. The standard InChI is InChI=1S/C22H26N2O5S/c1-3-15-29-18-9-7-17(8-10-18)23-30(26,27)19-11-12-21(28-2)20(16-19)22(25)24-13-5-4-6-14-24/h3,7-12,16,23H,1,4-6,13-15H2,2H3. The summed E-state index contributed by atoms with van der Waals surface area (Å²) >= 11 is 0. The van der Waals surface area contributed by atoms with E-state index in [2.05, 4.69) is 11.3 Å². The minimum absolute atomic E-state index is 0.00403. The van der Waals surface area contributed by atoms with Gasteiger partial charge in [-0.3, -0.25) is 9.52 Å². The average molecular weight is 431 g/mol. The number of benzene rings is 2. The molecule has 7 nitrogen and oxygen atoms in total. The highest BCUT2D eigenvalue weighted by Crippen LogP contribution is 2.27. The van der Waals surface area contributed by atoms with Gasteiger partial charge < -0.3 is 14.4 Å². The number of hydrogen-bond donors (Lipinski definition) is 1. The first-order valence-electron chi connectivity index (χ1n) is 9.78. The van der Waals surface area contributed by atoms with Gasteiger partial charge in [0.05, 0.1) is 17.6 Å². The smallest absolute Gasteiger partial charge is 0.261 e. The number of rotatable bonds is 8. The molecule has 2 aromatic carbocycles. The van der Waals surface area contributed by atoms with Crippen molar-refractivity contribution in [3.63, 3.8) is 0 Å². The summed E-state index contributed by atoms with van der Waals surface area (Å²) in [5, 5.41) is 0. The van der Waals surface area contributed by atoms with Gasteiger partial charge >= 0.3 is 0 Å². The third kappa shape index (κ3) is 5.13. The molecule has 1 fully saturated rings. The molecule has 1 aliphatic rings. The van der Waals surface area contributed by atoms with Crippen molar-refractivity contribution in [1.29, 1.82) is 0 Å². The van der Waals surface area contributed by atoms with E-state index in [0.717, 1.165) is 19.3 Å². The highest BCUT2D eigenvalue weighted by Gasteiger charge is 2.24. The van der Waals surface area contributed by atoms with Crippen LogP contribution >= 0.6 is 0 Å². The summed E-state index contributed by atoms with van der Waals surface area (Å²) in [4.78, 5) is 14.7. The van der Waals surface area contributed by atoms with Gasteiger partial charge in [-0.25, -0.2) is 8.42 Å². The highest BCUT2D eigenvalue weighted by molar-refractivity contribution is 7.92. The number of carbonyl (C=O) groups is 1. The first kappa shape index (κ1) is 21.7. The predicted octanol–water partition coefficient (Wildman–Crippen LogP) is 3.69. The third-order valence-corrected chi connectivity index (χ3v) is 6.21. The highest BCUT2D eigenvalue weighted by atomic mass is 32.2. The molecule has 0 aromatic heterocycles. The van der Waals surface area contributed by atoms with E-state index >= 15 is 0 Å². The van der Waals surface area contributed by atoms with Gasteiger partial charge in [0.2, 0.25) is 0 Å². The molecule has 0 atom stereocenters. The zero-order valence-electron chi connectivity index (χ0n) is 17.0. The fourth-order valence-corrected chi connectivity index (χ4v) is 4.36. The monoisotopic (exact) mass is 430 g/mol. The Hall–Kier alpha value is -3.00. The second-order valence-corrected chi connectivity index (χ2v) is 8.63. The number of methoxy groups -OCH3 is 1. The summed E-state index contributed by atoms with van der Waals surface area (Å²) < 4.78 is 39.0. The normalized spacial score (nSPS) is 14.1. The predicted molar refractivity (Wildman–Crippen MR) is 116 cm³/mol. The van der Waals surface area contributed by atoms with E-state index < -0.39 is 10.0 Å². The van der Waals surface area contributed by atoms with Crippen LogP contribution in [0.3, 0.4) is 0 Å². The van der Waals surface area contributed by atoms with Crippen LogP contribution in [0.25, 0.3) is 0 Å². The summed E-state index contributed by atoms with van der Waals surface area (Å²) in [6, 6.07) is 10.9. The van der Waals surface area contributed by atoms with Crippen LogP contribution in [0.2, 0.25) is 0 Å². The molecule has 1 aliphatic heterocycles. The molecule has 1 N–H and O–H groups in total. The number of anilines is 1. The number of carbonyl (C=O) groups excluding carboxylic acids is 1. The number of hydrogen-bond acceptors (Lipinski definition) is 5. The number of ether oxygens (including phenoxy) is 2. The van der Waals surface area contributed by atoms with Crippen LogP contribution < -0.4 is 14.2 Å². The van der Waals surface area contributed by atoms with Gasteiger partial charge in [-0.15, -0.1) is 0 Å². The second kappa shape index (κ2) is 9.67. The van der Waals surface area contributed by atoms with Crippen molar-refractivity contribution in [3.8, 4) is 11.5 Å². The fraction of sp³-hybridized carbons (Fsp3) is 0.318. The van der Waals surface area contributed by atoms with E-state index in [9.17, 15) is 13.2 Å². The first-order valence-corrected chi connectivity index (χ1v) is 11.3. The topological polar surface area (TPSA) is 84.9 Å². The Morgan fingerprint density at radius 2 is 1.83 bits per heavy atom. The zero-order valence-corrected chi connectivity index (χ0v) is 17.8. The zero-order chi connectivity index (χ0) is 21.6. The van der Waals surface area contributed by atoms with E-state index in [4.69, 9.17) is 9.47 Å². The molecule has 0 bridgehead atoms. The average Bonchev–Trinajstić information content (AvgIpc) is 2.78. The summed E-state index contributed by atoms with van der Waals surface area (Å²) in [6.45, 7) is 5.28. The van der Waals surface area contributed by atoms with Crippen molar-refractivity contribution in [1.82, 2.24) is 4.90 Å². The van der Waals surface area contributed by atoms with Gasteiger partial charge in [-0.05, 0) is 61.7 Å². The Kier molecular flexibility index (Phi) is 6.99. The summed E-state index contributed by atoms with van der Waals surface area (Å²) in [5.74, 6) is 0.747. The number of piperidine rings is 1. The lowest BCUT2D eigenvalue weighted by molar-refractivity contribution is 0.0720. The maximum atomic E-state index is 13.0. The van der Waals surface area contributed by atoms with Crippen molar-refractivity contribution in [2.24, 2.45) is 0 Å². The van der Waals surface area contributed by atoms with Gasteiger partial charge in [0, 0.05) is 18.8 Å². The van der Waals surface area contributed by atoms with E-state index in [1.54, 1.807) is 35.2 Å². The molecule has 1 saturated heterocycles. The van der Waals surface area contributed by atoms with Crippen LogP contribution in [-0.4, -0.2) is 46.0 Å². The number of likely N-dealkylation sites (tertiary alicyclic amines) is 1. The third-order valence-electron chi connectivity index (χ3n) is 4.83. The molecule has 160 valence electrons. The van der Waals surface area contributed by atoms with E-state index in [1.807, 2.05) is 0 Å². The van der Waals surface area contributed by atoms with Crippen LogP contribution in [0.4, 0.5) is 5.69 Å². The van der Waals surface area contributed by atoms with Crippen molar-refractivity contribution in [3.05, 3.63) is 60.7 Å². The fourth-order valence-electron chi connectivity index (χ4n) is 3.28. The van der Waals surface area contributed by atoms with E-state index in [0.29, 0.717) is 36.9 Å². The Balaban J connectivity index is 1.83. The molecule has 2 aromatic rings. The summed E-state index contributed by atoms with van der Waals surface area (Å²) in [5.41, 5.74) is 0.635. The second-order valence-electron chi connectivity index (χ2n) is 6.94. The van der Waals surface area contributed by atoms with Crippen LogP contribution in [0.5, 0.6) is 11.5 Å². The summed E-state index contributed by atoms with van der Waals surface area (Å²) in [7, 11) is -2.43. The number of nitrogens with one attached hydrogen (secondary N) is 1. The van der Waals surface area contributed by atoms with Gasteiger partial charge in [-0.1, -0.05) is 12.7 Å². The first-order chi connectivity index (χ1) is 14.4. The largest absolute Gasteiger partial charge is 0.496 e. The maximum Gasteiger partial charge on any atom is 0.261 e. The molecule has 8 heteroatoms. The number of amides is 1. The Morgan fingerprint density at radius 1 is 1.13 bits per heavy atom. The Labute approximate surface area is 177 Å². The lowest BCUT2D eigenvalue weighted by Gasteiger charge is -2.27. The van der Waals surface area contributed by atoms with Crippen molar-refractivity contribution < 1.29 is 22.7 Å². The number of sulfonamides is 1. The molecular weight excluding hydrogens is 404 g/mol. The quantitative estimate of drug-likeness (QED) is 0.646. The van der Waals surface area contributed by atoms with Crippen LogP contribution in [-0.2, 0) is 10.0 Å². The molecule has 30 heavy (non-hydrogen) atoms.